The topological polar surface area (TPSA) is 64.7 Å². The van der Waals surface area contributed by atoms with Crippen LogP contribution in [0.2, 0.25) is 0 Å². The Morgan fingerprint density at radius 2 is 1.68 bits per heavy atom. The van der Waals surface area contributed by atoms with Crippen molar-refractivity contribution in [3.63, 3.8) is 0 Å². The maximum atomic E-state index is 13.3. The number of amides is 3. The lowest BCUT2D eigenvalue weighted by Crippen LogP contribution is -2.35. The van der Waals surface area contributed by atoms with E-state index < -0.39 is 0 Å². The van der Waals surface area contributed by atoms with E-state index in [-0.39, 0.29) is 11.9 Å². The zero-order valence-corrected chi connectivity index (χ0v) is 19.5. The van der Waals surface area contributed by atoms with Gasteiger partial charge in [-0.25, -0.2) is 4.79 Å². The highest BCUT2D eigenvalue weighted by molar-refractivity contribution is 9.10. The number of likely N-dealkylation sites (tertiary alicyclic amines) is 1. The summed E-state index contributed by atoms with van der Waals surface area (Å²) in [7, 11) is 0. The average Bonchev–Trinajstić information content (AvgIpc) is 3.30. The van der Waals surface area contributed by atoms with Crippen molar-refractivity contribution in [3.8, 4) is 0 Å². The Morgan fingerprint density at radius 1 is 0.968 bits per heavy atom. The molecule has 3 amide bonds. The Bertz CT molecular complexity index is 950. The van der Waals surface area contributed by atoms with Gasteiger partial charge in [0.2, 0.25) is 0 Å². The summed E-state index contributed by atoms with van der Waals surface area (Å²) in [6.45, 7) is 5.79. The lowest BCUT2D eigenvalue weighted by molar-refractivity contribution is 0.0793. The third-order valence-corrected chi connectivity index (χ3v) is 6.82. The van der Waals surface area contributed by atoms with Crippen LogP contribution in [0.25, 0.3) is 0 Å². The number of para-hydroxylation sites is 1. The lowest BCUT2D eigenvalue weighted by atomic mass is 9.97. The summed E-state index contributed by atoms with van der Waals surface area (Å²) >= 11 is 3.44. The van der Waals surface area contributed by atoms with Crippen molar-refractivity contribution in [2.75, 3.05) is 41.7 Å². The molecular formula is C24H29BrN4O2. The van der Waals surface area contributed by atoms with Gasteiger partial charge in [0.05, 0.1) is 11.3 Å². The van der Waals surface area contributed by atoms with Crippen LogP contribution in [-0.4, -0.2) is 43.0 Å². The molecule has 0 bridgehead atoms. The Balaban J connectivity index is 1.56. The largest absolute Gasteiger partial charge is 0.371 e. The number of carbonyl (C=O) groups is 2. The molecule has 6 nitrogen and oxygen atoms in total. The first-order valence-corrected chi connectivity index (χ1v) is 11.8. The number of benzene rings is 2. The number of rotatable bonds is 4. The van der Waals surface area contributed by atoms with Crippen molar-refractivity contribution >= 4 is 44.9 Å². The smallest absolute Gasteiger partial charge is 0.323 e. The van der Waals surface area contributed by atoms with Gasteiger partial charge in [0.1, 0.15) is 0 Å². The Hall–Kier alpha value is -2.54. The molecule has 0 saturated carbocycles. The average molecular weight is 485 g/mol. The fraction of sp³-hybridized carbons (Fsp3) is 0.417. The molecule has 2 saturated heterocycles. The number of piperidine rings is 1. The zero-order valence-electron chi connectivity index (χ0n) is 17.9. The van der Waals surface area contributed by atoms with Crippen molar-refractivity contribution in [1.82, 2.24) is 4.90 Å². The normalized spacial score (nSPS) is 17.0. The highest BCUT2D eigenvalue weighted by Gasteiger charge is 2.26. The molecular weight excluding hydrogens is 456 g/mol. The van der Waals surface area contributed by atoms with Gasteiger partial charge in [-0.15, -0.1) is 0 Å². The molecule has 2 aromatic carbocycles. The van der Waals surface area contributed by atoms with Crippen LogP contribution >= 0.6 is 15.9 Å². The minimum absolute atomic E-state index is 0.0565. The summed E-state index contributed by atoms with van der Waals surface area (Å²) in [5, 5.41) is 5.72. The summed E-state index contributed by atoms with van der Waals surface area (Å²) in [5.41, 5.74) is 2.95. The molecule has 2 aliphatic rings. The molecule has 0 aromatic heterocycles. The van der Waals surface area contributed by atoms with E-state index in [1.54, 1.807) is 0 Å². The maximum Gasteiger partial charge on any atom is 0.323 e. The van der Waals surface area contributed by atoms with Crippen LogP contribution < -0.4 is 15.5 Å². The van der Waals surface area contributed by atoms with Crippen molar-refractivity contribution in [2.45, 2.75) is 32.6 Å². The molecule has 0 spiro atoms. The number of anilines is 3. The van der Waals surface area contributed by atoms with Crippen LogP contribution in [0, 0.1) is 5.92 Å². The minimum Gasteiger partial charge on any atom is -0.371 e. The van der Waals surface area contributed by atoms with Gasteiger partial charge < -0.3 is 20.4 Å². The number of carbonyl (C=O) groups excluding carboxylic acids is 2. The van der Waals surface area contributed by atoms with Gasteiger partial charge in [0.25, 0.3) is 5.91 Å². The predicted molar refractivity (Wildman–Crippen MR) is 129 cm³/mol. The van der Waals surface area contributed by atoms with E-state index in [2.05, 4.69) is 38.4 Å². The minimum atomic E-state index is -0.342. The van der Waals surface area contributed by atoms with E-state index in [4.69, 9.17) is 0 Å². The molecule has 7 heteroatoms. The van der Waals surface area contributed by atoms with Crippen LogP contribution in [-0.2, 0) is 0 Å². The molecule has 2 fully saturated rings. The van der Waals surface area contributed by atoms with Gasteiger partial charge >= 0.3 is 6.03 Å². The van der Waals surface area contributed by atoms with Crippen LogP contribution in [0.3, 0.4) is 0 Å². The second-order valence-electron chi connectivity index (χ2n) is 8.46. The first kappa shape index (κ1) is 21.7. The van der Waals surface area contributed by atoms with Crippen molar-refractivity contribution in [2.24, 2.45) is 5.92 Å². The predicted octanol–water partition coefficient (Wildman–Crippen LogP) is 5.57. The summed E-state index contributed by atoms with van der Waals surface area (Å²) < 4.78 is 0.810. The molecule has 0 radical (unpaired) electrons. The molecule has 0 unspecified atom stereocenters. The molecule has 0 aliphatic carbocycles. The Morgan fingerprint density at radius 3 is 2.39 bits per heavy atom. The molecule has 2 N–H and O–H groups in total. The fourth-order valence-corrected chi connectivity index (χ4v) is 4.63. The summed E-state index contributed by atoms with van der Waals surface area (Å²) in [6, 6.07) is 12.8. The number of hydrogen-bond donors (Lipinski definition) is 2. The summed E-state index contributed by atoms with van der Waals surface area (Å²) in [5.74, 6) is 0.775. The molecule has 2 aromatic rings. The lowest BCUT2D eigenvalue weighted by Gasteiger charge is -2.34. The van der Waals surface area contributed by atoms with Crippen molar-refractivity contribution < 1.29 is 9.59 Å². The third kappa shape index (κ3) is 5.21. The van der Waals surface area contributed by atoms with E-state index in [0.717, 1.165) is 67.9 Å². The number of nitrogens with zero attached hydrogens (tertiary/aromatic N) is 2. The van der Waals surface area contributed by atoms with Crippen LogP contribution in [0.15, 0.2) is 46.9 Å². The number of hydrogen-bond acceptors (Lipinski definition) is 3. The van der Waals surface area contributed by atoms with Crippen LogP contribution in [0.5, 0.6) is 0 Å². The van der Waals surface area contributed by atoms with Gasteiger partial charge in [-0.05, 0) is 77.9 Å². The van der Waals surface area contributed by atoms with Crippen molar-refractivity contribution in [3.05, 3.63) is 52.5 Å². The first-order valence-electron chi connectivity index (χ1n) is 11.0. The van der Waals surface area contributed by atoms with E-state index in [1.165, 1.54) is 0 Å². The van der Waals surface area contributed by atoms with Gasteiger partial charge in [-0.1, -0.05) is 19.1 Å². The van der Waals surface area contributed by atoms with Gasteiger partial charge in [0, 0.05) is 42.0 Å². The summed E-state index contributed by atoms with van der Waals surface area (Å²) in [6.07, 6.45) is 4.36. The number of nitrogens with one attached hydrogen (secondary N) is 2. The highest BCUT2D eigenvalue weighted by Crippen LogP contribution is 2.30. The van der Waals surface area contributed by atoms with Crippen LogP contribution in [0.1, 0.15) is 43.0 Å². The second kappa shape index (κ2) is 9.73. The molecule has 0 atom stereocenters. The van der Waals surface area contributed by atoms with E-state index in [9.17, 15) is 9.59 Å². The van der Waals surface area contributed by atoms with Crippen molar-refractivity contribution in [1.29, 1.82) is 0 Å². The third-order valence-electron chi connectivity index (χ3n) is 6.12. The molecule has 31 heavy (non-hydrogen) atoms. The van der Waals surface area contributed by atoms with E-state index in [1.807, 2.05) is 47.4 Å². The molecule has 2 heterocycles. The molecule has 164 valence electrons. The SMILES string of the molecule is CC1CCN(c2ccc(NC(=O)Nc3ccccc3Br)cc2C(=O)N2CCCC2)CC1. The van der Waals surface area contributed by atoms with Gasteiger partial charge in [-0.2, -0.15) is 0 Å². The standard InChI is InChI=1S/C24H29BrN4O2/c1-17-10-14-28(15-11-17)22-9-8-18(16-19(22)23(30)29-12-4-5-13-29)26-24(31)27-21-7-3-2-6-20(21)25/h2-3,6-9,16-17H,4-5,10-15H2,1H3,(H2,26,27,31). The molecule has 4 rings (SSSR count). The Labute approximate surface area is 192 Å². The van der Waals surface area contributed by atoms with E-state index >= 15 is 0 Å². The highest BCUT2D eigenvalue weighted by atomic mass is 79.9. The monoisotopic (exact) mass is 484 g/mol. The maximum absolute atomic E-state index is 13.3. The van der Waals surface area contributed by atoms with E-state index in [0.29, 0.717) is 16.9 Å². The van der Waals surface area contributed by atoms with Gasteiger partial charge in [0.15, 0.2) is 0 Å². The summed E-state index contributed by atoms with van der Waals surface area (Å²) in [4.78, 5) is 30.1. The second-order valence-corrected chi connectivity index (χ2v) is 9.31. The first-order chi connectivity index (χ1) is 15.0. The zero-order chi connectivity index (χ0) is 21.8. The van der Waals surface area contributed by atoms with Crippen LogP contribution in [0.4, 0.5) is 21.9 Å². The molecule has 2 aliphatic heterocycles. The number of halogens is 1. The number of urea groups is 1. The fourth-order valence-electron chi connectivity index (χ4n) is 4.25. The quantitative estimate of drug-likeness (QED) is 0.596. The van der Waals surface area contributed by atoms with Gasteiger partial charge in [-0.3, -0.25) is 4.79 Å². The Kier molecular flexibility index (Phi) is 6.80.